The molecule has 1 fully saturated rings. The van der Waals surface area contributed by atoms with Crippen molar-refractivity contribution in [2.45, 2.75) is 11.1 Å². The van der Waals surface area contributed by atoms with Crippen LogP contribution in [0.1, 0.15) is 0 Å². The number of nitrogens with zero attached hydrogens (tertiary/aromatic N) is 1. The molecule has 82 valence electrons. The van der Waals surface area contributed by atoms with Gasteiger partial charge in [0.2, 0.25) is 10.0 Å². The second-order valence-electron chi connectivity index (χ2n) is 3.49. The molecule has 0 aromatic heterocycles. The van der Waals surface area contributed by atoms with Crippen molar-refractivity contribution < 1.29 is 12.8 Å². The fourth-order valence-electron chi connectivity index (χ4n) is 1.41. The quantitative estimate of drug-likeness (QED) is 0.757. The average molecular weight is 230 g/mol. The van der Waals surface area contributed by atoms with E-state index in [2.05, 4.69) is 0 Å². The second kappa shape index (κ2) is 3.46. The lowest BCUT2D eigenvalue weighted by atomic mass is 10.3. The van der Waals surface area contributed by atoms with Crippen LogP contribution in [0, 0.1) is 0 Å². The molecule has 0 radical (unpaired) electrons. The monoisotopic (exact) mass is 230 g/mol. The average Bonchev–Trinajstić information content (AvgIpc) is 2.13. The molecule has 0 aliphatic carbocycles. The number of halogens is 1. The second-order valence-corrected chi connectivity index (χ2v) is 5.43. The van der Waals surface area contributed by atoms with Gasteiger partial charge in [0.1, 0.15) is 6.17 Å². The SMILES string of the molecule is Nc1cccc(S(=O)(=O)N2CC(F)C2)c1. The number of hydrogen-bond acceptors (Lipinski definition) is 3. The van der Waals surface area contributed by atoms with Crippen LogP contribution >= 0.6 is 0 Å². The molecule has 0 bridgehead atoms. The van der Waals surface area contributed by atoms with Crippen molar-refractivity contribution in [1.82, 2.24) is 4.31 Å². The summed E-state index contributed by atoms with van der Waals surface area (Å²) in [4.78, 5) is 0.120. The lowest BCUT2D eigenvalue weighted by Gasteiger charge is -2.33. The predicted molar refractivity (Wildman–Crippen MR) is 54.5 cm³/mol. The molecule has 4 nitrogen and oxygen atoms in total. The van der Waals surface area contributed by atoms with E-state index < -0.39 is 16.2 Å². The van der Waals surface area contributed by atoms with E-state index in [1.807, 2.05) is 0 Å². The van der Waals surface area contributed by atoms with Crippen LogP contribution in [0.25, 0.3) is 0 Å². The molecule has 0 atom stereocenters. The Balaban J connectivity index is 2.30. The Labute approximate surface area is 87.5 Å². The highest BCUT2D eigenvalue weighted by Crippen LogP contribution is 2.23. The summed E-state index contributed by atoms with van der Waals surface area (Å²) in [7, 11) is -3.54. The van der Waals surface area contributed by atoms with Gasteiger partial charge in [-0.3, -0.25) is 0 Å². The number of rotatable bonds is 2. The highest BCUT2D eigenvalue weighted by Gasteiger charge is 2.36. The van der Waals surface area contributed by atoms with Crippen molar-refractivity contribution in [2.24, 2.45) is 0 Å². The van der Waals surface area contributed by atoms with E-state index in [0.29, 0.717) is 5.69 Å². The summed E-state index contributed by atoms with van der Waals surface area (Å²) < 4.78 is 37.3. The number of sulfonamides is 1. The van der Waals surface area contributed by atoms with E-state index in [4.69, 9.17) is 5.73 Å². The first-order valence-corrected chi connectivity index (χ1v) is 5.94. The Morgan fingerprint density at radius 1 is 1.40 bits per heavy atom. The zero-order chi connectivity index (χ0) is 11.1. The van der Waals surface area contributed by atoms with Gasteiger partial charge in [-0.05, 0) is 18.2 Å². The summed E-state index contributed by atoms with van der Waals surface area (Å²) in [6.45, 7) is -0.117. The van der Waals surface area contributed by atoms with E-state index in [1.165, 1.54) is 12.1 Å². The van der Waals surface area contributed by atoms with Gasteiger partial charge in [0.15, 0.2) is 0 Å². The van der Waals surface area contributed by atoms with Crippen molar-refractivity contribution in [1.29, 1.82) is 0 Å². The van der Waals surface area contributed by atoms with E-state index in [1.54, 1.807) is 12.1 Å². The first-order valence-electron chi connectivity index (χ1n) is 4.50. The van der Waals surface area contributed by atoms with Crippen LogP contribution in [0.2, 0.25) is 0 Å². The molecule has 0 amide bonds. The van der Waals surface area contributed by atoms with Crippen LogP contribution in [-0.4, -0.2) is 32.0 Å². The molecule has 1 heterocycles. The Hall–Kier alpha value is -1.14. The Kier molecular flexibility index (Phi) is 2.40. The van der Waals surface area contributed by atoms with E-state index in [-0.39, 0.29) is 18.0 Å². The van der Waals surface area contributed by atoms with Crippen LogP contribution in [0.5, 0.6) is 0 Å². The summed E-state index contributed by atoms with van der Waals surface area (Å²) in [6.07, 6.45) is -1.04. The number of hydrogen-bond donors (Lipinski definition) is 1. The van der Waals surface area contributed by atoms with Crippen LogP contribution in [-0.2, 0) is 10.0 Å². The van der Waals surface area contributed by atoms with Gasteiger partial charge in [0.25, 0.3) is 0 Å². The summed E-state index contributed by atoms with van der Waals surface area (Å²) in [5, 5.41) is 0. The van der Waals surface area contributed by atoms with Gasteiger partial charge in [0.05, 0.1) is 4.90 Å². The molecule has 2 N–H and O–H groups in total. The van der Waals surface area contributed by atoms with E-state index in [9.17, 15) is 12.8 Å². The minimum atomic E-state index is -3.54. The highest BCUT2D eigenvalue weighted by molar-refractivity contribution is 7.89. The number of benzene rings is 1. The van der Waals surface area contributed by atoms with Crippen LogP contribution in [0.4, 0.5) is 10.1 Å². The van der Waals surface area contributed by atoms with E-state index in [0.717, 1.165) is 4.31 Å². The molecule has 1 aliphatic heterocycles. The maximum atomic E-state index is 12.6. The molecule has 0 unspecified atom stereocenters. The standard InChI is InChI=1S/C9H11FN2O2S/c10-7-5-12(6-7)15(13,14)9-3-1-2-8(11)4-9/h1-4,7H,5-6,11H2. The van der Waals surface area contributed by atoms with Crippen molar-refractivity contribution >= 4 is 15.7 Å². The van der Waals surface area contributed by atoms with Crippen LogP contribution in [0.15, 0.2) is 29.2 Å². The number of alkyl halides is 1. The summed E-state index contributed by atoms with van der Waals surface area (Å²) >= 11 is 0. The van der Waals surface area contributed by atoms with Crippen molar-refractivity contribution in [3.63, 3.8) is 0 Å². The maximum absolute atomic E-state index is 12.6. The number of nitrogen functional groups attached to an aromatic ring is 1. The van der Waals surface area contributed by atoms with Gasteiger partial charge >= 0.3 is 0 Å². The largest absolute Gasteiger partial charge is 0.399 e. The third-order valence-electron chi connectivity index (χ3n) is 2.30. The molecule has 1 aromatic rings. The van der Waals surface area contributed by atoms with Gasteiger partial charge in [-0.25, -0.2) is 12.8 Å². The van der Waals surface area contributed by atoms with Gasteiger partial charge in [-0.1, -0.05) is 6.07 Å². The predicted octanol–water partition coefficient (Wildman–Crippen LogP) is 0.611. The van der Waals surface area contributed by atoms with Gasteiger partial charge in [0, 0.05) is 18.8 Å². The van der Waals surface area contributed by atoms with E-state index >= 15 is 0 Å². The van der Waals surface area contributed by atoms with Crippen LogP contribution in [0.3, 0.4) is 0 Å². The van der Waals surface area contributed by atoms with Gasteiger partial charge in [-0.15, -0.1) is 0 Å². The minimum absolute atomic E-state index is 0.0584. The first kappa shape index (κ1) is 10.4. The summed E-state index contributed by atoms with van der Waals surface area (Å²) in [6, 6.07) is 6.00. The fourth-order valence-corrected chi connectivity index (χ4v) is 2.96. The molecule has 6 heteroatoms. The topological polar surface area (TPSA) is 63.4 Å². The third kappa shape index (κ3) is 1.82. The molecule has 2 rings (SSSR count). The molecule has 1 saturated heterocycles. The van der Waals surface area contributed by atoms with Crippen LogP contribution < -0.4 is 5.73 Å². The number of anilines is 1. The lowest BCUT2D eigenvalue weighted by Crippen LogP contribution is -2.51. The Morgan fingerprint density at radius 2 is 2.07 bits per heavy atom. The van der Waals surface area contributed by atoms with Crippen molar-refractivity contribution in [3.05, 3.63) is 24.3 Å². The first-order chi connectivity index (χ1) is 7.00. The maximum Gasteiger partial charge on any atom is 0.243 e. The molecule has 1 aromatic carbocycles. The Bertz CT molecular complexity index is 469. The fraction of sp³-hybridized carbons (Fsp3) is 0.333. The summed E-state index contributed by atoms with van der Waals surface area (Å²) in [5.74, 6) is 0. The third-order valence-corrected chi connectivity index (χ3v) is 4.13. The van der Waals surface area contributed by atoms with Crippen molar-refractivity contribution in [2.75, 3.05) is 18.8 Å². The zero-order valence-corrected chi connectivity index (χ0v) is 8.74. The number of nitrogens with two attached hydrogens (primary N) is 1. The smallest absolute Gasteiger partial charge is 0.243 e. The zero-order valence-electron chi connectivity index (χ0n) is 7.93. The van der Waals surface area contributed by atoms with Crippen molar-refractivity contribution in [3.8, 4) is 0 Å². The minimum Gasteiger partial charge on any atom is -0.399 e. The molecular formula is C9H11FN2O2S. The molecular weight excluding hydrogens is 219 g/mol. The van der Waals surface area contributed by atoms with Gasteiger partial charge in [-0.2, -0.15) is 4.31 Å². The van der Waals surface area contributed by atoms with Gasteiger partial charge < -0.3 is 5.73 Å². The highest BCUT2D eigenvalue weighted by atomic mass is 32.2. The Morgan fingerprint density at radius 3 is 2.60 bits per heavy atom. The molecule has 15 heavy (non-hydrogen) atoms. The molecule has 0 saturated carbocycles. The summed E-state index contributed by atoms with van der Waals surface area (Å²) in [5.41, 5.74) is 5.87. The molecule has 1 aliphatic rings. The lowest BCUT2D eigenvalue weighted by molar-refractivity contribution is 0.141. The normalized spacial score (nSPS) is 18.7. The molecule has 0 spiro atoms.